The van der Waals surface area contributed by atoms with Crippen molar-refractivity contribution >= 4 is 33.3 Å². The molecule has 1 saturated carbocycles. The van der Waals surface area contributed by atoms with Gasteiger partial charge >= 0.3 is 0 Å². The number of nitrogens with two attached hydrogens (primary N) is 1. The first-order valence-corrected chi connectivity index (χ1v) is 12.2. The zero-order valence-electron chi connectivity index (χ0n) is 20.1. The van der Waals surface area contributed by atoms with Gasteiger partial charge in [-0.2, -0.15) is 4.98 Å². The lowest BCUT2D eigenvalue weighted by atomic mass is 9.98. The highest BCUT2D eigenvalue weighted by Gasteiger charge is 2.41. The van der Waals surface area contributed by atoms with Crippen LogP contribution in [0.5, 0.6) is 0 Å². The molecular weight excluding hydrogens is 454 g/mol. The van der Waals surface area contributed by atoms with Crippen LogP contribution in [0, 0.1) is 19.8 Å². The second kappa shape index (κ2) is 9.31. The Balaban J connectivity index is 1.78. The van der Waals surface area contributed by atoms with E-state index < -0.39 is 29.7 Å². The normalized spacial score (nSPS) is 23.9. The maximum Gasteiger partial charge on any atom is 0.225 e. The van der Waals surface area contributed by atoms with Crippen LogP contribution in [0.3, 0.4) is 0 Å². The number of thiazole rings is 1. The molecule has 0 bridgehead atoms. The average molecular weight is 488 g/mol. The number of aromatic nitrogens is 4. The lowest BCUT2D eigenvalue weighted by Gasteiger charge is -2.28. The third kappa shape index (κ3) is 4.71. The predicted octanol–water partition coefficient (Wildman–Crippen LogP) is 1.82. The minimum Gasteiger partial charge on any atom is -0.396 e. The van der Waals surface area contributed by atoms with E-state index in [1.54, 1.807) is 6.20 Å². The molecule has 1 fully saturated rings. The average Bonchev–Trinajstić information content (AvgIpc) is 3.30. The molecule has 1 aliphatic carbocycles. The van der Waals surface area contributed by atoms with E-state index in [1.165, 1.54) is 11.3 Å². The van der Waals surface area contributed by atoms with Crippen LogP contribution >= 0.6 is 11.3 Å². The van der Waals surface area contributed by atoms with Gasteiger partial charge in [0.05, 0.1) is 33.8 Å². The van der Waals surface area contributed by atoms with Crippen molar-refractivity contribution in [2.24, 2.45) is 11.7 Å². The minimum absolute atomic E-state index is 0.112. The lowest BCUT2D eigenvalue weighted by molar-refractivity contribution is 0.00446. The Morgan fingerprint density at radius 2 is 1.91 bits per heavy atom. The van der Waals surface area contributed by atoms with Gasteiger partial charge in [0.25, 0.3) is 0 Å². The zero-order chi connectivity index (χ0) is 24.8. The van der Waals surface area contributed by atoms with Gasteiger partial charge in [-0.05, 0) is 47.1 Å². The number of aliphatic hydroxyl groups is 3. The number of hydrogen-bond acceptors (Lipinski definition) is 11. The summed E-state index contributed by atoms with van der Waals surface area (Å²) < 4.78 is 1.00. The fourth-order valence-electron chi connectivity index (χ4n) is 4.09. The van der Waals surface area contributed by atoms with Crippen molar-refractivity contribution in [1.29, 1.82) is 0 Å². The largest absolute Gasteiger partial charge is 0.396 e. The van der Waals surface area contributed by atoms with Crippen LogP contribution < -0.4 is 16.4 Å². The summed E-state index contributed by atoms with van der Waals surface area (Å²) in [6.45, 7) is 9.42. The standard InChI is InChI=1S/C23H33N7O3S/c1-10-16(21-29-17-11(2)25-7-6-15(17)34-21)20(28-14-8-13(9-31)18(32)19(14)33)30-22(26-10)27-12(3)23(4,5)24/h6-7,12-14,18-19,31-33H,8-9,24H2,1-5H3,(H2,26,27,28,30)/t12-,13-,14?,18-,19+/m1/s1. The van der Waals surface area contributed by atoms with Gasteiger partial charge in [0, 0.05) is 30.3 Å². The highest BCUT2D eigenvalue weighted by Crippen LogP contribution is 2.38. The van der Waals surface area contributed by atoms with E-state index in [4.69, 9.17) is 15.7 Å². The molecule has 7 N–H and O–H groups in total. The predicted molar refractivity (Wildman–Crippen MR) is 134 cm³/mol. The van der Waals surface area contributed by atoms with Crippen LogP contribution in [-0.2, 0) is 0 Å². The number of aryl methyl sites for hydroxylation is 2. The summed E-state index contributed by atoms with van der Waals surface area (Å²) in [6.07, 6.45) is 0.108. The van der Waals surface area contributed by atoms with E-state index in [0.717, 1.165) is 26.5 Å². The molecule has 34 heavy (non-hydrogen) atoms. The van der Waals surface area contributed by atoms with E-state index in [0.29, 0.717) is 23.9 Å². The topological polar surface area (TPSA) is 162 Å². The van der Waals surface area contributed by atoms with Crippen molar-refractivity contribution in [3.8, 4) is 10.6 Å². The molecule has 3 heterocycles. The van der Waals surface area contributed by atoms with Gasteiger partial charge in [-0.1, -0.05) is 0 Å². The zero-order valence-corrected chi connectivity index (χ0v) is 20.9. The van der Waals surface area contributed by atoms with Crippen LogP contribution in [0.15, 0.2) is 12.3 Å². The molecular formula is C23H33N7O3S. The third-order valence-corrected chi connectivity index (χ3v) is 7.65. The summed E-state index contributed by atoms with van der Waals surface area (Å²) in [5, 5.41) is 37.8. The molecule has 4 rings (SSSR count). The SMILES string of the molecule is Cc1nc(N[C@H](C)C(C)(C)N)nc(NC2C[C@H](CO)[C@@H](O)[C@H]2O)c1-c1nc2c(C)nccc2s1. The Kier molecular flexibility index (Phi) is 6.76. The van der Waals surface area contributed by atoms with Crippen molar-refractivity contribution in [3.05, 3.63) is 23.7 Å². The van der Waals surface area contributed by atoms with Gasteiger partial charge in [-0.3, -0.25) is 4.98 Å². The number of nitrogens with one attached hydrogen (secondary N) is 2. The Hall–Kier alpha value is -2.44. The van der Waals surface area contributed by atoms with Crippen molar-refractivity contribution in [1.82, 2.24) is 19.9 Å². The minimum atomic E-state index is -1.04. The summed E-state index contributed by atoms with van der Waals surface area (Å²) >= 11 is 1.52. The number of pyridine rings is 1. The quantitative estimate of drug-likeness (QED) is 0.290. The molecule has 11 heteroatoms. The molecule has 184 valence electrons. The van der Waals surface area contributed by atoms with Gasteiger partial charge in [-0.25, -0.2) is 9.97 Å². The Morgan fingerprint density at radius 1 is 1.18 bits per heavy atom. The van der Waals surface area contributed by atoms with E-state index in [2.05, 4.69) is 20.6 Å². The van der Waals surface area contributed by atoms with Crippen LogP contribution in [0.25, 0.3) is 20.8 Å². The maximum atomic E-state index is 10.6. The molecule has 3 aromatic rings. The van der Waals surface area contributed by atoms with E-state index in [-0.39, 0.29) is 12.6 Å². The fraction of sp³-hybridized carbons (Fsp3) is 0.565. The van der Waals surface area contributed by atoms with Gasteiger partial charge < -0.3 is 31.7 Å². The number of hydrogen-bond donors (Lipinski definition) is 6. The summed E-state index contributed by atoms with van der Waals surface area (Å²) in [5.74, 6) is 0.489. The Morgan fingerprint density at radius 3 is 2.53 bits per heavy atom. The van der Waals surface area contributed by atoms with Crippen LogP contribution in [0.1, 0.15) is 38.6 Å². The molecule has 1 aliphatic rings. The van der Waals surface area contributed by atoms with Crippen molar-refractivity contribution in [2.45, 2.75) is 70.9 Å². The smallest absolute Gasteiger partial charge is 0.225 e. The summed E-state index contributed by atoms with van der Waals surface area (Å²) in [4.78, 5) is 18.6. The summed E-state index contributed by atoms with van der Waals surface area (Å²) in [5.41, 5.74) is 8.84. The van der Waals surface area contributed by atoms with Crippen molar-refractivity contribution in [2.75, 3.05) is 17.2 Å². The van der Waals surface area contributed by atoms with Gasteiger partial charge in [0.2, 0.25) is 5.95 Å². The van der Waals surface area contributed by atoms with Crippen molar-refractivity contribution < 1.29 is 15.3 Å². The molecule has 0 amide bonds. The number of rotatable bonds is 7. The molecule has 0 spiro atoms. The molecule has 0 aliphatic heterocycles. The summed E-state index contributed by atoms with van der Waals surface area (Å²) in [6, 6.07) is 1.32. The van der Waals surface area contributed by atoms with Crippen LogP contribution in [0.4, 0.5) is 11.8 Å². The van der Waals surface area contributed by atoms with Crippen molar-refractivity contribution in [3.63, 3.8) is 0 Å². The highest BCUT2D eigenvalue weighted by molar-refractivity contribution is 7.21. The van der Waals surface area contributed by atoms with E-state index >= 15 is 0 Å². The second-order valence-electron chi connectivity index (χ2n) is 9.72. The Labute approximate surface area is 202 Å². The molecule has 3 aromatic heterocycles. The van der Waals surface area contributed by atoms with Crippen LogP contribution in [0.2, 0.25) is 0 Å². The number of aliphatic hydroxyl groups excluding tert-OH is 3. The van der Waals surface area contributed by atoms with Gasteiger partial charge in [0.1, 0.15) is 22.4 Å². The first-order valence-electron chi connectivity index (χ1n) is 11.4. The second-order valence-corrected chi connectivity index (χ2v) is 10.7. The lowest BCUT2D eigenvalue weighted by Crippen LogP contribution is -2.47. The van der Waals surface area contributed by atoms with E-state index in [9.17, 15) is 15.3 Å². The highest BCUT2D eigenvalue weighted by atomic mass is 32.1. The fourth-order valence-corrected chi connectivity index (χ4v) is 5.20. The number of anilines is 2. The molecule has 10 nitrogen and oxygen atoms in total. The monoisotopic (exact) mass is 487 g/mol. The molecule has 1 unspecified atom stereocenters. The first kappa shape index (κ1) is 24.7. The van der Waals surface area contributed by atoms with Gasteiger partial charge in [-0.15, -0.1) is 11.3 Å². The number of nitrogens with zero attached hydrogens (tertiary/aromatic N) is 4. The van der Waals surface area contributed by atoms with E-state index in [1.807, 2.05) is 40.7 Å². The maximum absolute atomic E-state index is 10.6. The molecule has 0 aromatic carbocycles. The molecule has 0 saturated heterocycles. The Bertz CT molecular complexity index is 1180. The van der Waals surface area contributed by atoms with Crippen LogP contribution in [-0.4, -0.2) is 71.7 Å². The molecule has 5 atom stereocenters. The molecule has 0 radical (unpaired) electrons. The number of fused-ring (bicyclic) bond motifs is 1. The summed E-state index contributed by atoms with van der Waals surface area (Å²) in [7, 11) is 0. The van der Waals surface area contributed by atoms with Gasteiger partial charge in [0.15, 0.2) is 0 Å². The third-order valence-electron chi connectivity index (χ3n) is 6.61. The first-order chi connectivity index (χ1) is 16.0.